The van der Waals surface area contributed by atoms with Crippen LogP contribution in [0.5, 0.6) is 0 Å². The molecule has 2 aromatic rings. The van der Waals surface area contributed by atoms with Crippen molar-refractivity contribution in [3.63, 3.8) is 0 Å². The van der Waals surface area contributed by atoms with Gasteiger partial charge in [-0.25, -0.2) is 0 Å². The van der Waals surface area contributed by atoms with Crippen LogP contribution in [0.15, 0.2) is 42.5 Å². The van der Waals surface area contributed by atoms with Gasteiger partial charge in [-0.05, 0) is 58.9 Å². The third-order valence-electron chi connectivity index (χ3n) is 4.59. The predicted octanol–water partition coefficient (Wildman–Crippen LogP) is 7.53. The summed E-state index contributed by atoms with van der Waals surface area (Å²) in [4.78, 5) is 0. The number of hydrogen-bond acceptors (Lipinski definition) is 0. The van der Waals surface area contributed by atoms with Gasteiger partial charge in [0.25, 0.3) is 0 Å². The third kappa shape index (κ3) is 5.82. The molecule has 24 heavy (non-hydrogen) atoms. The van der Waals surface area contributed by atoms with Crippen molar-refractivity contribution in [2.24, 2.45) is 0 Å². The van der Waals surface area contributed by atoms with Crippen LogP contribution in [0.25, 0.3) is 0 Å². The van der Waals surface area contributed by atoms with Gasteiger partial charge >= 0.3 is 0 Å². The summed E-state index contributed by atoms with van der Waals surface area (Å²) >= 11 is 0. The van der Waals surface area contributed by atoms with E-state index in [1.54, 1.807) is 0 Å². The van der Waals surface area contributed by atoms with Crippen molar-refractivity contribution in [2.75, 3.05) is 0 Å². The monoisotopic (exact) mass is 324 g/mol. The molecule has 0 radical (unpaired) electrons. The molecule has 0 heterocycles. The van der Waals surface area contributed by atoms with Crippen molar-refractivity contribution < 1.29 is 0 Å². The second-order valence-electron chi connectivity index (χ2n) is 8.49. The van der Waals surface area contributed by atoms with Crippen LogP contribution in [0.4, 0.5) is 0 Å². The topological polar surface area (TPSA) is 0 Å². The van der Waals surface area contributed by atoms with Crippen LogP contribution >= 0.6 is 0 Å². The molecule has 0 amide bonds. The first-order chi connectivity index (χ1) is 11.0. The molecule has 0 fully saturated rings. The molecule has 0 spiro atoms. The molecule has 0 bridgehead atoms. The Bertz CT molecular complexity index is 639. The highest BCUT2D eigenvalue weighted by atomic mass is 14.2. The minimum absolute atomic E-state index is 0.265. The summed E-state index contributed by atoms with van der Waals surface area (Å²) in [5, 5.41) is 0. The first-order valence-electron chi connectivity index (χ1n) is 9.20. The number of hydrogen-bond donors (Lipinski definition) is 0. The quantitative estimate of drug-likeness (QED) is 0.535. The fourth-order valence-electron chi connectivity index (χ4n) is 2.81. The van der Waals surface area contributed by atoms with Gasteiger partial charge in [-0.2, -0.15) is 0 Å². The lowest BCUT2D eigenvalue weighted by molar-refractivity contribution is 0.577. The highest BCUT2D eigenvalue weighted by Gasteiger charge is 2.18. The average molecular weight is 325 g/mol. The lowest BCUT2D eigenvalue weighted by atomic mass is 9.81. The van der Waals surface area contributed by atoms with E-state index in [1.165, 1.54) is 27.8 Å². The maximum Gasteiger partial charge on any atom is -0.0129 e. The lowest BCUT2D eigenvalue weighted by Crippen LogP contribution is -2.14. The molecule has 2 rings (SSSR count). The average Bonchev–Trinajstić information content (AvgIpc) is 2.49. The summed E-state index contributed by atoms with van der Waals surface area (Å²) in [5.41, 5.74) is 7.44. The van der Waals surface area contributed by atoms with Crippen LogP contribution in [0.1, 0.15) is 88.1 Å². The van der Waals surface area contributed by atoms with Gasteiger partial charge in [0.05, 0.1) is 0 Å². The smallest absolute Gasteiger partial charge is 0.0129 e. The van der Waals surface area contributed by atoms with Crippen LogP contribution in [0.3, 0.4) is 0 Å². The fourth-order valence-corrected chi connectivity index (χ4v) is 2.81. The lowest BCUT2D eigenvalue weighted by Gasteiger charge is -2.24. The van der Waals surface area contributed by atoms with Crippen molar-refractivity contribution in [2.45, 2.75) is 79.6 Å². The van der Waals surface area contributed by atoms with Crippen molar-refractivity contribution >= 4 is 0 Å². The highest BCUT2D eigenvalue weighted by molar-refractivity contribution is 5.34. The Morgan fingerprint density at radius 1 is 0.708 bits per heavy atom. The van der Waals surface area contributed by atoms with Crippen molar-refractivity contribution in [3.05, 3.63) is 70.3 Å². The van der Waals surface area contributed by atoms with Crippen molar-refractivity contribution in [1.82, 2.24) is 0 Å². The van der Waals surface area contributed by atoms with E-state index in [2.05, 4.69) is 105 Å². The first-order valence-corrected chi connectivity index (χ1v) is 9.20. The van der Waals surface area contributed by atoms with E-state index in [0.29, 0.717) is 11.8 Å². The van der Waals surface area contributed by atoms with E-state index < -0.39 is 0 Å². The summed E-state index contributed by atoms with van der Waals surface area (Å²) in [6, 6.07) is 15.4. The Balaban J connectivity index is 0.000000243. The van der Waals surface area contributed by atoms with Gasteiger partial charge in [0.2, 0.25) is 0 Å². The van der Waals surface area contributed by atoms with Gasteiger partial charge in [0.1, 0.15) is 0 Å². The van der Waals surface area contributed by atoms with Crippen molar-refractivity contribution in [3.8, 4) is 0 Å². The standard InChI is InChI=1S/C13H20.C11H16/c1-10(2)11-8-6-7-9-12(11)13(3,4)5;1-8(2)11-6-5-9(3)10(4)7-11/h6-10H,1-5H3;5-8H,1-4H3. The number of rotatable bonds is 2. The van der Waals surface area contributed by atoms with Gasteiger partial charge < -0.3 is 0 Å². The second kappa shape index (κ2) is 8.51. The van der Waals surface area contributed by atoms with E-state index in [0.717, 1.165) is 0 Å². The van der Waals surface area contributed by atoms with Gasteiger partial charge in [0.15, 0.2) is 0 Å². The Hall–Kier alpha value is -1.56. The molecule has 132 valence electrons. The molecular weight excluding hydrogens is 288 g/mol. The molecule has 0 unspecified atom stereocenters. The summed E-state index contributed by atoms with van der Waals surface area (Å²) in [7, 11) is 0. The summed E-state index contributed by atoms with van der Waals surface area (Å²) in [6.45, 7) is 20.1. The highest BCUT2D eigenvalue weighted by Crippen LogP contribution is 2.29. The molecule has 0 nitrogen and oxygen atoms in total. The molecule has 0 aliphatic rings. The largest absolute Gasteiger partial charge is 0.0620 e. The van der Waals surface area contributed by atoms with Crippen LogP contribution < -0.4 is 0 Å². The molecule has 0 aromatic heterocycles. The van der Waals surface area contributed by atoms with Crippen LogP contribution in [0, 0.1) is 13.8 Å². The molecule has 0 heteroatoms. The van der Waals surface area contributed by atoms with Gasteiger partial charge in [0, 0.05) is 0 Å². The summed E-state index contributed by atoms with van der Waals surface area (Å²) in [5.74, 6) is 1.27. The molecular formula is C24H36. The van der Waals surface area contributed by atoms with Crippen LogP contribution in [-0.4, -0.2) is 0 Å². The van der Waals surface area contributed by atoms with Crippen molar-refractivity contribution in [1.29, 1.82) is 0 Å². The van der Waals surface area contributed by atoms with E-state index in [-0.39, 0.29) is 5.41 Å². The van der Waals surface area contributed by atoms with E-state index >= 15 is 0 Å². The Labute approximate surface area is 150 Å². The van der Waals surface area contributed by atoms with E-state index in [4.69, 9.17) is 0 Å². The zero-order valence-corrected chi connectivity index (χ0v) is 17.2. The van der Waals surface area contributed by atoms with Gasteiger partial charge in [-0.3, -0.25) is 0 Å². The van der Waals surface area contributed by atoms with Gasteiger partial charge in [-0.15, -0.1) is 0 Å². The molecule has 0 aliphatic heterocycles. The number of aryl methyl sites for hydroxylation is 2. The summed E-state index contributed by atoms with van der Waals surface area (Å²) < 4.78 is 0. The zero-order valence-electron chi connectivity index (χ0n) is 17.2. The second-order valence-corrected chi connectivity index (χ2v) is 8.49. The minimum atomic E-state index is 0.265. The van der Waals surface area contributed by atoms with Crippen LogP contribution in [0.2, 0.25) is 0 Å². The molecule has 0 saturated heterocycles. The summed E-state index contributed by atoms with van der Waals surface area (Å²) in [6.07, 6.45) is 0. The third-order valence-corrected chi connectivity index (χ3v) is 4.59. The zero-order chi connectivity index (χ0) is 18.5. The van der Waals surface area contributed by atoms with E-state index in [1.807, 2.05) is 0 Å². The maximum absolute atomic E-state index is 2.28. The SMILES string of the molecule is CC(C)c1ccccc1C(C)(C)C.Cc1ccc(C(C)C)cc1C. The fraction of sp³-hybridized carbons (Fsp3) is 0.500. The Morgan fingerprint density at radius 2 is 1.29 bits per heavy atom. The predicted molar refractivity (Wildman–Crippen MR) is 109 cm³/mol. The van der Waals surface area contributed by atoms with Gasteiger partial charge in [-0.1, -0.05) is 90.9 Å². The molecule has 0 aliphatic carbocycles. The molecule has 0 atom stereocenters. The molecule has 0 N–H and O–H groups in total. The normalized spacial score (nSPS) is 11.5. The minimum Gasteiger partial charge on any atom is -0.0620 e. The van der Waals surface area contributed by atoms with E-state index in [9.17, 15) is 0 Å². The van der Waals surface area contributed by atoms with Crippen LogP contribution in [-0.2, 0) is 5.41 Å². The molecule has 0 saturated carbocycles. The molecule has 2 aromatic carbocycles. The Morgan fingerprint density at radius 3 is 1.71 bits per heavy atom. The number of benzene rings is 2. The maximum atomic E-state index is 2.28. The Kier molecular flexibility index (Phi) is 7.27. The first kappa shape index (κ1) is 20.5.